The minimum atomic E-state index is -2.80. The van der Waals surface area contributed by atoms with Gasteiger partial charge in [-0.3, -0.25) is 5.10 Å². The van der Waals surface area contributed by atoms with Crippen molar-refractivity contribution in [1.29, 1.82) is 0 Å². The van der Waals surface area contributed by atoms with Gasteiger partial charge in [0.1, 0.15) is 23.5 Å². The van der Waals surface area contributed by atoms with E-state index in [0.717, 1.165) is 19.0 Å². The Balaban J connectivity index is 1.30. The van der Waals surface area contributed by atoms with Crippen molar-refractivity contribution in [2.24, 2.45) is 0 Å². The van der Waals surface area contributed by atoms with Gasteiger partial charge in [0.25, 0.3) is 6.43 Å². The molecule has 3 aromatic heterocycles. The van der Waals surface area contributed by atoms with Crippen molar-refractivity contribution < 1.29 is 27.4 Å². The van der Waals surface area contributed by atoms with E-state index in [1.54, 1.807) is 12.1 Å². The smallest absolute Gasteiger partial charge is 0.407 e. The first-order valence-corrected chi connectivity index (χ1v) is 11.4. The Hall–Kier alpha value is -3.35. The number of alkyl carbamates (subject to hydrolysis) is 1. The number of ether oxygens (including phenoxy) is 2. The van der Waals surface area contributed by atoms with E-state index in [1.807, 2.05) is 6.92 Å². The predicted octanol–water partition coefficient (Wildman–Crippen LogP) is 4.14. The molecule has 3 heterocycles. The summed E-state index contributed by atoms with van der Waals surface area (Å²) < 4.78 is 53.6. The molecule has 3 atom stereocenters. The Morgan fingerprint density at radius 2 is 2.14 bits per heavy atom. The van der Waals surface area contributed by atoms with Gasteiger partial charge in [-0.1, -0.05) is 0 Å². The monoisotopic (exact) mass is 493 g/mol. The normalized spacial score (nSPS) is 23.1. The Bertz CT molecular complexity index is 1230. The van der Waals surface area contributed by atoms with Crippen LogP contribution < -0.4 is 10.6 Å². The second-order valence-corrected chi connectivity index (χ2v) is 9.30. The van der Waals surface area contributed by atoms with Gasteiger partial charge in [0.05, 0.1) is 18.5 Å². The van der Waals surface area contributed by atoms with Gasteiger partial charge in [-0.15, -0.1) is 0 Å². The highest BCUT2D eigenvalue weighted by Gasteiger charge is 2.43. The number of aromatic amines is 1. The molecule has 2 fully saturated rings. The fraction of sp³-hybridized carbons (Fsp3) is 0.545. The molecule has 0 aliphatic heterocycles. The number of amides is 1. The van der Waals surface area contributed by atoms with E-state index in [1.165, 1.54) is 11.6 Å². The molecule has 2 aliphatic rings. The summed E-state index contributed by atoms with van der Waals surface area (Å²) in [5.74, 6) is -0.132. The first-order valence-electron chi connectivity index (χ1n) is 11.4. The average Bonchev–Trinajstić information content (AvgIpc) is 3.14. The average molecular weight is 493 g/mol. The summed E-state index contributed by atoms with van der Waals surface area (Å²) in [5, 5.41) is 16.9. The zero-order chi connectivity index (χ0) is 24.7. The van der Waals surface area contributed by atoms with Crippen LogP contribution >= 0.6 is 0 Å². The van der Waals surface area contributed by atoms with Gasteiger partial charge in [-0.25, -0.2) is 27.5 Å². The van der Waals surface area contributed by atoms with Crippen molar-refractivity contribution >= 4 is 23.2 Å². The molecular formula is C22H26F3N7O3. The van der Waals surface area contributed by atoms with Crippen molar-refractivity contribution in [2.75, 3.05) is 12.4 Å². The summed E-state index contributed by atoms with van der Waals surface area (Å²) in [7, 11) is 1.51. The number of carbonyl (C=O) groups is 1. The second-order valence-electron chi connectivity index (χ2n) is 9.30. The predicted molar refractivity (Wildman–Crippen MR) is 118 cm³/mol. The number of fused-ring (bicyclic) bond motifs is 1. The maximum atomic E-state index is 15.1. The number of aromatic nitrogens is 5. The van der Waals surface area contributed by atoms with Crippen molar-refractivity contribution in [3.8, 4) is 0 Å². The van der Waals surface area contributed by atoms with Crippen LogP contribution in [0.3, 0.4) is 0 Å². The lowest BCUT2D eigenvalue weighted by molar-refractivity contribution is 0.0546. The zero-order valence-corrected chi connectivity index (χ0v) is 19.2. The van der Waals surface area contributed by atoms with Crippen LogP contribution in [0.15, 0.2) is 18.3 Å². The minimum absolute atomic E-state index is 0.130. The quantitative estimate of drug-likeness (QED) is 0.432. The molecule has 35 heavy (non-hydrogen) atoms. The number of methoxy groups -OCH3 is 1. The molecule has 5 rings (SSSR count). The first kappa shape index (κ1) is 23.4. The van der Waals surface area contributed by atoms with E-state index in [-0.39, 0.29) is 23.8 Å². The van der Waals surface area contributed by atoms with Crippen LogP contribution in [0.25, 0.3) is 5.52 Å². The number of hydrogen-bond acceptors (Lipinski definition) is 7. The van der Waals surface area contributed by atoms with Crippen LogP contribution in [0.4, 0.5) is 29.6 Å². The molecule has 0 unspecified atom stereocenters. The van der Waals surface area contributed by atoms with Gasteiger partial charge in [-0.05, 0) is 38.7 Å². The highest BCUT2D eigenvalue weighted by Crippen LogP contribution is 2.39. The molecule has 0 saturated heterocycles. The zero-order valence-electron chi connectivity index (χ0n) is 19.2. The Morgan fingerprint density at radius 1 is 1.34 bits per heavy atom. The van der Waals surface area contributed by atoms with Crippen LogP contribution in [0.1, 0.15) is 62.0 Å². The molecule has 1 amide bonds. The Kier molecular flexibility index (Phi) is 6.03. The first-order chi connectivity index (χ1) is 16.7. The van der Waals surface area contributed by atoms with E-state index >= 15 is 4.39 Å². The Morgan fingerprint density at radius 3 is 2.86 bits per heavy atom. The third kappa shape index (κ3) is 4.90. The topological polar surface area (TPSA) is 118 Å². The van der Waals surface area contributed by atoms with Gasteiger partial charge >= 0.3 is 6.09 Å². The lowest BCUT2D eigenvalue weighted by Crippen LogP contribution is -2.38. The van der Waals surface area contributed by atoms with Crippen molar-refractivity contribution in [2.45, 2.75) is 69.4 Å². The third-order valence-electron chi connectivity index (χ3n) is 6.45. The van der Waals surface area contributed by atoms with Crippen LogP contribution in [-0.2, 0) is 16.1 Å². The highest BCUT2D eigenvalue weighted by molar-refractivity contribution is 5.72. The summed E-state index contributed by atoms with van der Waals surface area (Å²) in [6.07, 6.45) is -1.89. The van der Waals surface area contributed by atoms with Crippen LogP contribution in [-0.4, -0.2) is 55.8 Å². The number of nitrogens with zero attached hydrogens (tertiary/aromatic N) is 4. The molecule has 0 bridgehead atoms. The minimum Gasteiger partial charge on any atom is -0.443 e. The lowest BCUT2D eigenvalue weighted by atomic mass is 10.0. The van der Waals surface area contributed by atoms with Gasteiger partial charge in [0.15, 0.2) is 11.6 Å². The molecule has 13 heteroatoms. The summed E-state index contributed by atoms with van der Waals surface area (Å²) in [5.41, 5.74) is 0.810. The van der Waals surface area contributed by atoms with Gasteiger partial charge in [0, 0.05) is 30.3 Å². The molecule has 3 aromatic rings. The standard InChI is InChI=1S/C22H26F3N7O3/c1-22(5-6-22)28-21(33)35-16-4-3-12(18(16)23)13-8-17(30-29-13)27-20-15-7-11(10-34-2)31-32(15)9-14(26-20)19(24)25/h7-9,12,16,18-19H,3-6,10H2,1-2H3,(H,28,33)(H2,26,27,29,30)/t12-,16-,18-/m0/s1. The summed E-state index contributed by atoms with van der Waals surface area (Å²) >= 11 is 0. The largest absolute Gasteiger partial charge is 0.443 e. The lowest BCUT2D eigenvalue weighted by Gasteiger charge is -2.19. The molecule has 2 saturated carbocycles. The maximum absolute atomic E-state index is 15.1. The van der Waals surface area contributed by atoms with E-state index in [2.05, 4.69) is 30.9 Å². The number of H-pyrrole nitrogens is 1. The second kappa shape index (κ2) is 9.02. The van der Waals surface area contributed by atoms with Crippen LogP contribution in [0.5, 0.6) is 0 Å². The van der Waals surface area contributed by atoms with E-state index < -0.39 is 36.4 Å². The Labute approximate surface area is 198 Å². The van der Waals surface area contributed by atoms with Crippen molar-refractivity contribution in [3.63, 3.8) is 0 Å². The molecular weight excluding hydrogens is 467 g/mol. The number of halogens is 3. The van der Waals surface area contributed by atoms with Crippen LogP contribution in [0.2, 0.25) is 0 Å². The summed E-state index contributed by atoms with van der Waals surface area (Å²) in [4.78, 5) is 16.1. The fourth-order valence-corrected chi connectivity index (χ4v) is 4.29. The molecule has 0 spiro atoms. The van der Waals surface area contributed by atoms with Crippen LogP contribution in [0, 0.1) is 0 Å². The molecule has 0 aromatic carbocycles. The third-order valence-corrected chi connectivity index (χ3v) is 6.45. The van der Waals surface area contributed by atoms with E-state index in [0.29, 0.717) is 29.7 Å². The summed E-state index contributed by atoms with van der Waals surface area (Å²) in [6.45, 7) is 2.12. The highest BCUT2D eigenvalue weighted by atomic mass is 19.3. The number of nitrogens with one attached hydrogen (secondary N) is 3. The van der Waals surface area contributed by atoms with Gasteiger partial charge < -0.3 is 20.1 Å². The number of hydrogen-bond donors (Lipinski definition) is 3. The molecule has 188 valence electrons. The molecule has 10 nitrogen and oxygen atoms in total. The van der Waals surface area contributed by atoms with Crippen molar-refractivity contribution in [1.82, 2.24) is 30.1 Å². The molecule has 0 radical (unpaired) electrons. The molecule has 3 N–H and O–H groups in total. The maximum Gasteiger partial charge on any atom is 0.407 e. The van der Waals surface area contributed by atoms with E-state index in [4.69, 9.17) is 9.47 Å². The number of carbonyl (C=O) groups excluding carboxylic acids is 1. The SMILES string of the molecule is COCc1cc2c(Nc3cc([C@@H]4CC[C@H](OC(=O)NC5(C)CC5)[C@H]4F)[nH]n3)nc(C(F)F)cn2n1. The van der Waals surface area contributed by atoms with Crippen molar-refractivity contribution in [3.05, 3.63) is 35.4 Å². The van der Waals surface area contributed by atoms with Gasteiger partial charge in [-0.2, -0.15) is 10.2 Å². The summed E-state index contributed by atoms with van der Waals surface area (Å²) in [6, 6.07) is 3.27. The fourth-order valence-electron chi connectivity index (χ4n) is 4.29. The number of rotatable bonds is 8. The number of alkyl halides is 3. The molecule has 2 aliphatic carbocycles. The van der Waals surface area contributed by atoms with E-state index in [9.17, 15) is 13.6 Å². The number of anilines is 2. The van der Waals surface area contributed by atoms with Gasteiger partial charge in [0.2, 0.25) is 0 Å².